The molecule has 0 aromatic carbocycles. The third-order valence-corrected chi connectivity index (χ3v) is 0.490. The lowest BCUT2D eigenvalue weighted by Gasteiger charge is -2.17. The van der Waals surface area contributed by atoms with E-state index in [1.54, 1.807) is 20.8 Å². The van der Waals surface area contributed by atoms with Crippen molar-refractivity contribution >= 4 is 18.0 Å². The molecule has 0 aromatic heterocycles. The number of carboxylic acid groups (broad SMARTS) is 1. The molecule has 0 rings (SSSR count). The topological polar surface area (TPSA) is 172 Å². The highest BCUT2D eigenvalue weighted by Gasteiger charge is 2.14. The van der Waals surface area contributed by atoms with Gasteiger partial charge in [0.1, 0.15) is 5.60 Å². The Morgan fingerprint density at radius 3 is 1.59 bits per heavy atom. The third kappa shape index (κ3) is 81.0. The Bertz CT molecular complexity index is 229. The molecule has 0 heterocycles. The van der Waals surface area contributed by atoms with Crippen LogP contribution in [0.25, 0.3) is 0 Å². The first-order valence-corrected chi connectivity index (χ1v) is 4.34. The zero-order valence-corrected chi connectivity index (χ0v) is 10.3. The molecule has 8 N–H and O–H groups in total. The summed E-state index contributed by atoms with van der Waals surface area (Å²) in [6.45, 7) is 6.22. The molecule has 0 saturated carbocycles. The molecule has 0 aliphatic carbocycles. The number of nitrogens with two attached hydrogens (primary N) is 2. The van der Waals surface area contributed by atoms with Gasteiger partial charge in [-0.1, -0.05) is 0 Å². The van der Waals surface area contributed by atoms with Crippen LogP contribution in [0.2, 0.25) is 0 Å². The van der Waals surface area contributed by atoms with Gasteiger partial charge in [0.25, 0.3) is 5.97 Å². The van der Waals surface area contributed by atoms with E-state index in [-0.39, 0.29) is 5.96 Å². The van der Waals surface area contributed by atoms with E-state index in [2.05, 4.69) is 16.2 Å². The summed E-state index contributed by atoms with van der Waals surface area (Å²) in [5.74, 6) is -1.17. The molecular weight excluding hydrogens is 232 g/mol. The average Bonchev–Trinajstić information content (AvgIpc) is 1.98. The van der Waals surface area contributed by atoms with Crippen molar-refractivity contribution < 1.29 is 24.6 Å². The predicted octanol–water partition coefficient (Wildman–Crippen LogP) is -0.170. The van der Waals surface area contributed by atoms with Gasteiger partial charge in [-0.3, -0.25) is 15.4 Å². The summed E-state index contributed by atoms with van der Waals surface area (Å²) in [5.41, 5.74) is 9.76. The predicted molar refractivity (Wildman–Crippen MR) is 60.6 cm³/mol. The van der Waals surface area contributed by atoms with Crippen molar-refractivity contribution in [1.82, 2.24) is 5.48 Å². The first kappa shape index (κ1) is 20.4. The van der Waals surface area contributed by atoms with Gasteiger partial charge in [-0.05, 0) is 20.8 Å². The monoisotopic (exact) mass is 252 g/mol. The number of amides is 1. The number of hydrogen-bond donors (Lipinski definition) is 6. The van der Waals surface area contributed by atoms with Crippen LogP contribution in [0, 0.1) is 5.41 Å². The normalized spacial score (nSPS) is 8.53. The fraction of sp³-hybridized carbons (Fsp3) is 0.625. The van der Waals surface area contributed by atoms with Crippen LogP contribution in [0.4, 0.5) is 4.79 Å². The fourth-order valence-electron chi connectivity index (χ4n) is 0.301. The van der Waals surface area contributed by atoms with Crippen molar-refractivity contribution in [2.24, 2.45) is 11.5 Å². The molecule has 0 bridgehead atoms. The number of hydrogen-bond acceptors (Lipinski definition) is 5. The fourth-order valence-corrected chi connectivity index (χ4v) is 0.301. The Kier molecular flexibility index (Phi) is 12.6. The Hall–Kier alpha value is -2.03. The zero-order chi connectivity index (χ0) is 14.6. The maximum absolute atomic E-state index is 10.2. The van der Waals surface area contributed by atoms with E-state index in [4.69, 9.17) is 20.5 Å². The van der Waals surface area contributed by atoms with Gasteiger partial charge in [-0.15, -0.1) is 0 Å². The molecular formula is C8H20N4O5. The Labute approximate surface area is 99.2 Å². The van der Waals surface area contributed by atoms with Gasteiger partial charge in [0.05, 0.1) is 0 Å². The summed E-state index contributed by atoms with van der Waals surface area (Å²) in [7, 11) is 0. The lowest BCUT2D eigenvalue weighted by molar-refractivity contribution is -0.134. The Morgan fingerprint density at radius 1 is 1.29 bits per heavy atom. The van der Waals surface area contributed by atoms with Crippen LogP contribution >= 0.6 is 0 Å². The van der Waals surface area contributed by atoms with Crippen LogP contribution in [-0.2, 0) is 9.53 Å². The largest absolute Gasteiger partial charge is 0.481 e. The summed E-state index contributed by atoms with van der Waals surface area (Å²) < 4.78 is 4.59. The van der Waals surface area contributed by atoms with Crippen LogP contribution in [-0.4, -0.2) is 33.9 Å². The molecule has 9 heteroatoms. The molecule has 1 amide bonds. The second kappa shape index (κ2) is 10.5. The summed E-state index contributed by atoms with van der Waals surface area (Å²) >= 11 is 0. The molecule has 0 atom stereocenters. The lowest BCUT2D eigenvalue weighted by atomic mass is 10.2. The van der Waals surface area contributed by atoms with Crippen LogP contribution < -0.4 is 16.9 Å². The number of hydroxylamine groups is 1. The van der Waals surface area contributed by atoms with Crippen LogP contribution in [0.5, 0.6) is 0 Å². The minimum Gasteiger partial charge on any atom is -0.481 e. The van der Waals surface area contributed by atoms with E-state index in [1.807, 2.05) is 0 Å². The molecule has 0 saturated heterocycles. The highest BCUT2D eigenvalue weighted by molar-refractivity contribution is 5.71. The number of aliphatic carboxylic acids is 1. The third-order valence-electron chi connectivity index (χ3n) is 0.490. The minimum atomic E-state index is -0.833. The molecule has 9 nitrogen and oxygen atoms in total. The highest BCUT2D eigenvalue weighted by Crippen LogP contribution is 2.05. The van der Waals surface area contributed by atoms with Gasteiger partial charge in [0.15, 0.2) is 5.96 Å². The molecule has 0 aliphatic heterocycles. The first-order chi connectivity index (χ1) is 7.42. The van der Waals surface area contributed by atoms with Gasteiger partial charge in [0.2, 0.25) is 0 Å². The summed E-state index contributed by atoms with van der Waals surface area (Å²) in [6.07, 6.45) is -0.831. The number of carbonyl (C=O) groups excluding carboxylic acids is 1. The van der Waals surface area contributed by atoms with E-state index in [0.717, 1.165) is 6.92 Å². The summed E-state index contributed by atoms with van der Waals surface area (Å²) in [6, 6.07) is 0. The lowest BCUT2D eigenvalue weighted by Crippen LogP contribution is -2.30. The quantitative estimate of drug-likeness (QED) is 0.150. The maximum atomic E-state index is 10.2. The van der Waals surface area contributed by atoms with Crippen molar-refractivity contribution in [3.05, 3.63) is 0 Å². The standard InChI is InChI=1S/C5H11NO3.C2H4O2.CH5N3/c1-5(2,3)9-4(7)6-8;1-2(3)4;2-1(3)4/h8H,1-3H3,(H,6,7);1H3,(H,3,4);(H5,2,3,4). The highest BCUT2D eigenvalue weighted by atomic mass is 16.6. The van der Waals surface area contributed by atoms with Gasteiger partial charge >= 0.3 is 6.09 Å². The van der Waals surface area contributed by atoms with Crippen LogP contribution in [0.15, 0.2) is 0 Å². The average molecular weight is 252 g/mol. The molecule has 102 valence electrons. The molecule has 17 heavy (non-hydrogen) atoms. The van der Waals surface area contributed by atoms with Crippen molar-refractivity contribution in [3.63, 3.8) is 0 Å². The van der Waals surface area contributed by atoms with E-state index in [1.165, 1.54) is 5.48 Å². The molecule has 0 spiro atoms. The molecule has 0 aromatic rings. The number of guanidine groups is 1. The zero-order valence-electron chi connectivity index (χ0n) is 10.3. The van der Waals surface area contributed by atoms with E-state index < -0.39 is 17.7 Å². The van der Waals surface area contributed by atoms with E-state index in [9.17, 15) is 4.79 Å². The SMILES string of the molecule is CC(=O)O.CC(C)(C)OC(=O)NO.N=C(N)N. The Morgan fingerprint density at radius 2 is 1.53 bits per heavy atom. The van der Waals surface area contributed by atoms with Crippen molar-refractivity contribution in [2.75, 3.05) is 0 Å². The van der Waals surface area contributed by atoms with Crippen molar-refractivity contribution in [3.8, 4) is 0 Å². The van der Waals surface area contributed by atoms with E-state index in [0.29, 0.717) is 0 Å². The molecule has 0 aliphatic rings. The second-order valence-electron chi connectivity index (χ2n) is 3.59. The maximum Gasteiger partial charge on any atom is 0.431 e. The van der Waals surface area contributed by atoms with Gasteiger partial charge in [-0.25, -0.2) is 10.3 Å². The smallest absolute Gasteiger partial charge is 0.431 e. The van der Waals surface area contributed by atoms with Crippen LogP contribution in [0.3, 0.4) is 0 Å². The van der Waals surface area contributed by atoms with Crippen molar-refractivity contribution in [2.45, 2.75) is 33.3 Å². The van der Waals surface area contributed by atoms with Gasteiger partial charge < -0.3 is 21.3 Å². The number of ether oxygens (including phenoxy) is 1. The minimum absolute atomic E-state index is 0.333. The number of rotatable bonds is 0. The molecule has 0 fully saturated rings. The van der Waals surface area contributed by atoms with Gasteiger partial charge in [-0.2, -0.15) is 0 Å². The summed E-state index contributed by atoms with van der Waals surface area (Å²) in [5, 5.41) is 21.4. The summed E-state index contributed by atoms with van der Waals surface area (Å²) in [4.78, 5) is 19.2. The first-order valence-electron chi connectivity index (χ1n) is 4.34. The second-order valence-corrected chi connectivity index (χ2v) is 3.59. The molecule has 0 unspecified atom stereocenters. The van der Waals surface area contributed by atoms with Crippen LogP contribution in [0.1, 0.15) is 27.7 Å². The molecule has 0 radical (unpaired) electrons. The Balaban J connectivity index is -0.000000205. The van der Waals surface area contributed by atoms with Gasteiger partial charge in [0, 0.05) is 6.92 Å². The number of carboxylic acids is 1. The number of carbonyl (C=O) groups is 2. The van der Waals surface area contributed by atoms with Crippen molar-refractivity contribution in [1.29, 1.82) is 5.41 Å². The van der Waals surface area contributed by atoms with E-state index >= 15 is 0 Å². The number of nitrogens with one attached hydrogen (secondary N) is 2.